The van der Waals surface area contributed by atoms with Crippen LogP contribution in [0.2, 0.25) is 0 Å². The fourth-order valence-electron chi connectivity index (χ4n) is 3.22. The van der Waals surface area contributed by atoms with E-state index in [1.54, 1.807) is 0 Å². The summed E-state index contributed by atoms with van der Waals surface area (Å²) in [5, 5.41) is 9.72. The first-order chi connectivity index (χ1) is 11.7. The van der Waals surface area contributed by atoms with Gasteiger partial charge in [0.15, 0.2) is 5.16 Å². The van der Waals surface area contributed by atoms with E-state index < -0.39 is 0 Å². The van der Waals surface area contributed by atoms with E-state index in [4.69, 9.17) is 5.26 Å². The molecule has 0 aliphatic carbocycles. The maximum Gasteiger partial charge on any atom is 0.233 e. The van der Waals surface area contributed by atoms with Crippen LogP contribution in [0.5, 0.6) is 0 Å². The number of nitrogens with zero attached hydrogens (tertiary/aromatic N) is 4. The third-order valence-electron chi connectivity index (χ3n) is 4.51. The number of carbonyl (C=O) groups is 1. The summed E-state index contributed by atoms with van der Waals surface area (Å²) in [5.41, 5.74) is 1.94. The molecule has 1 aromatic heterocycles. The maximum absolute atomic E-state index is 12.5. The molecule has 0 radical (unpaired) electrons. The summed E-state index contributed by atoms with van der Waals surface area (Å²) < 4.78 is 2.05. The number of hydrogen-bond donors (Lipinski definition) is 0. The Morgan fingerprint density at radius 1 is 1.42 bits per heavy atom. The Morgan fingerprint density at radius 2 is 2.25 bits per heavy atom. The summed E-state index contributed by atoms with van der Waals surface area (Å²) in [6.07, 6.45) is 3.84. The molecular formula is C18H22N4OS. The number of piperidine rings is 1. The summed E-state index contributed by atoms with van der Waals surface area (Å²) in [6, 6.07) is 10.4. The molecule has 2 aromatic rings. The molecule has 0 N–H and O–H groups in total. The van der Waals surface area contributed by atoms with Gasteiger partial charge in [-0.05, 0) is 38.3 Å². The first kappa shape index (κ1) is 16.8. The third kappa shape index (κ3) is 3.57. The summed E-state index contributed by atoms with van der Waals surface area (Å²) in [4.78, 5) is 19.2. The second kappa shape index (κ2) is 7.71. The van der Waals surface area contributed by atoms with Crippen molar-refractivity contribution < 1.29 is 4.79 Å². The highest BCUT2D eigenvalue weighted by atomic mass is 32.2. The molecule has 1 aromatic carbocycles. The molecule has 24 heavy (non-hydrogen) atoms. The van der Waals surface area contributed by atoms with Crippen LogP contribution in [-0.4, -0.2) is 38.7 Å². The van der Waals surface area contributed by atoms with Gasteiger partial charge in [0.1, 0.15) is 0 Å². The van der Waals surface area contributed by atoms with Gasteiger partial charge in [0.25, 0.3) is 0 Å². The number of aromatic nitrogens is 2. The van der Waals surface area contributed by atoms with E-state index in [0.717, 1.165) is 35.6 Å². The van der Waals surface area contributed by atoms with Crippen molar-refractivity contribution in [1.82, 2.24) is 14.5 Å². The van der Waals surface area contributed by atoms with E-state index in [2.05, 4.69) is 22.5 Å². The predicted octanol–water partition coefficient (Wildman–Crippen LogP) is 3.44. The number of thioether (sulfide) groups is 1. The maximum atomic E-state index is 12.5. The smallest absolute Gasteiger partial charge is 0.233 e. The Hall–Kier alpha value is -2.00. The van der Waals surface area contributed by atoms with Gasteiger partial charge in [-0.3, -0.25) is 4.79 Å². The molecule has 1 atom stereocenters. The van der Waals surface area contributed by atoms with Crippen molar-refractivity contribution in [1.29, 1.82) is 5.26 Å². The molecule has 2 heterocycles. The average Bonchev–Trinajstić information content (AvgIpc) is 2.96. The van der Waals surface area contributed by atoms with Crippen LogP contribution >= 0.6 is 11.8 Å². The summed E-state index contributed by atoms with van der Waals surface area (Å²) >= 11 is 1.48. The number of likely N-dealkylation sites (tertiary alicyclic amines) is 1. The Balaban J connectivity index is 1.74. The molecule has 1 fully saturated rings. The minimum absolute atomic E-state index is 0.186. The molecular weight excluding hydrogens is 320 g/mol. The van der Waals surface area contributed by atoms with Gasteiger partial charge in [0, 0.05) is 19.1 Å². The number of rotatable bonds is 5. The summed E-state index contributed by atoms with van der Waals surface area (Å²) in [7, 11) is 0. The minimum atomic E-state index is 0.186. The first-order valence-electron chi connectivity index (χ1n) is 8.45. The Morgan fingerprint density at radius 3 is 3.04 bits per heavy atom. The van der Waals surface area contributed by atoms with Crippen molar-refractivity contribution in [3.63, 3.8) is 0 Å². The van der Waals surface area contributed by atoms with Gasteiger partial charge >= 0.3 is 0 Å². The van der Waals surface area contributed by atoms with Gasteiger partial charge in [-0.1, -0.05) is 23.9 Å². The van der Waals surface area contributed by atoms with Gasteiger partial charge in [-0.15, -0.1) is 0 Å². The SMILES string of the molecule is C[C@H]1CCCCN1C(=O)CSc1nc2ccccc2n1CCC#N. The van der Waals surface area contributed by atoms with Crippen LogP contribution in [0.25, 0.3) is 11.0 Å². The van der Waals surface area contributed by atoms with E-state index in [9.17, 15) is 4.79 Å². The number of para-hydroxylation sites is 2. The molecule has 1 saturated heterocycles. The van der Waals surface area contributed by atoms with E-state index >= 15 is 0 Å². The molecule has 0 spiro atoms. The minimum Gasteiger partial charge on any atom is -0.339 e. The Labute approximate surface area is 146 Å². The zero-order valence-electron chi connectivity index (χ0n) is 13.9. The molecule has 0 bridgehead atoms. The van der Waals surface area contributed by atoms with E-state index in [1.807, 2.05) is 29.2 Å². The Bertz CT molecular complexity index is 764. The largest absolute Gasteiger partial charge is 0.339 e. The van der Waals surface area contributed by atoms with Gasteiger partial charge in [-0.2, -0.15) is 5.26 Å². The third-order valence-corrected chi connectivity index (χ3v) is 5.48. The molecule has 3 rings (SSSR count). The zero-order valence-corrected chi connectivity index (χ0v) is 14.8. The highest BCUT2D eigenvalue weighted by molar-refractivity contribution is 7.99. The van der Waals surface area contributed by atoms with E-state index in [-0.39, 0.29) is 5.91 Å². The molecule has 6 heteroatoms. The zero-order chi connectivity index (χ0) is 16.9. The highest BCUT2D eigenvalue weighted by Crippen LogP contribution is 2.26. The number of benzene rings is 1. The van der Waals surface area contributed by atoms with Crippen molar-refractivity contribution in [3.8, 4) is 6.07 Å². The van der Waals surface area contributed by atoms with Crippen LogP contribution in [0.15, 0.2) is 29.4 Å². The molecule has 1 amide bonds. The van der Waals surface area contributed by atoms with Crippen LogP contribution in [0, 0.1) is 11.3 Å². The van der Waals surface area contributed by atoms with Crippen molar-refractivity contribution in [2.45, 2.75) is 50.4 Å². The lowest BCUT2D eigenvalue weighted by Gasteiger charge is -2.33. The number of carbonyl (C=O) groups excluding carboxylic acids is 1. The van der Waals surface area contributed by atoms with Crippen LogP contribution in [0.1, 0.15) is 32.6 Å². The second-order valence-electron chi connectivity index (χ2n) is 6.16. The standard InChI is InChI=1S/C18H22N4OS/c1-14-7-4-5-11-21(14)17(23)13-24-18-20-15-8-2-3-9-16(15)22(18)12-6-10-19/h2-3,8-9,14H,4-7,11-13H2,1H3/t14-/m0/s1. The van der Waals surface area contributed by atoms with Crippen LogP contribution in [0.3, 0.4) is 0 Å². The van der Waals surface area contributed by atoms with Crippen molar-refractivity contribution in [3.05, 3.63) is 24.3 Å². The number of fused-ring (bicyclic) bond motifs is 1. The van der Waals surface area contributed by atoms with Crippen molar-refractivity contribution in [2.75, 3.05) is 12.3 Å². The van der Waals surface area contributed by atoms with Crippen molar-refractivity contribution >= 4 is 28.7 Å². The number of hydrogen-bond acceptors (Lipinski definition) is 4. The Kier molecular flexibility index (Phi) is 5.41. The molecule has 1 aliphatic rings. The molecule has 1 aliphatic heterocycles. The highest BCUT2D eigenvalue weighted by Gasteiger charge is 2.23. The summed E-state index contributed by atoms with van der Waals surface area (Å²) in [5.74, 6) is 0.589. The van der Waals surface area contributed by atoms with Gasteiger partial charge in [0.05, 0.1) is 29.3 Å². The number of aryl methyl sites for hydroxylation is 1. The first-order valence-corrected chi connectivity index (χ1v) is 9.43. The molecule has 0 saturated carbocycles. The lowest BCUT2D eigenvalue weighted by Crippen LogP contribution is -2.42. The van der Waals surface area contributed by atoms with Crippen LogP contribution in [-0.2, 0) is 11.3 Å². The van der Waals surface area contributed by atoms with Gasteiger partial charge in [0.2, 0.25) is 5.91 Å². The summed E-state index contributed by atoms with van der Waals surface area (Å²) in [6.45, 7) is 3.60. The average molecular weight is 342 g/mol. The fourth-order valence-corrected chi connectivity index (χ4v) is 4.15. The van der Waals surface area contributed by atoms with Gasteiger partial charge < -0.3 is 9.47 Å². The number of imidazole rings is 1. The number of amides is 1. The monoisotopic (exact) mass is 342 g/mol. The normalized spacial score (nSPS) is 17.8. The van der Waals surface area contributed by atoms with Gasteiger partial charge in [-0.25, -0.2) is 4.98 Å². The molecule has 5 nitrogen and oxygen atoms in total. The van der Waals surface area contributed by atoms with Crippen LogP contribution in [0.4, 0.5) is 0 Å². The fraction of sp³-hybridized carbons (Fsp3) is 0.500. The lowest BCUT2D eigenvalue weighted by molar-refractivity contribution is -0.131. The lowest BCUT2D eigenvalue weighted by atomic mass is 10.0. The quantitative estimate of drug-likeness (QED) is 0.781. The molecule has 126 valence electrons. The number of nitriles is 1. The van der Waals surface area contributed by atoms with Crippen molar-refractivity contribution in [2.24, 2.45) is 0 Å². The van der Waals surface area contributed by atoms with E-state index in [1.165, 1.54) is 18.2 Å². The van der Waals surface area contributed by atoms with E-state index in [0.29, 0.717) is 24.8 Å². The topological polar surface area (TPSA) is 61.9 Å². The second-order valence-corrected chi connectivity index (χ2v) is 7.11. The predicted molar refractivity (Wildman–Crippen MR) is 95.7 cm³/mol. The van der Waals surface area contributed by atoms with Crippen LogP contribution < -0.4 is 0 Å². The molecule has 0 unspecified atom stereocenters.